The third-order valence-electron chi connectivity index (χ3n) is 15.8. The summed E-state index contributed by atoms with van der Waals surface area (Å²) in [5.74, 6) is 0.460. The van der Waals surface area contributed by atoms with Gasteiger partial charge in [0.2, 0.25) is 0 Å². The van der Waals surface area contributed by atoms with Crippen LogP contribution in [0.3, 0.4) is 0 Å². The van der Waals surface area contributed by atoms with Gasteiger partial charge < -0.3 is 20.2 Å². The van der Waals surface area contributed by atoms with Gasteiger partial charge in [-0.05, 0) is 167 Å². The Morgan fingerprint density at radius 3 is 1.38 bits per heavy atom. The zero-order chi connectivity index (χ0) is 61.9. The van der Waals surface area contributed by atoms with Crippen molar-refractivity contribution in [3.8, 4) is 66.0 Å². The summed E-state index contributed by atoms with van der Waals surface area (Å²) in [6.45, 7) is 11.8. The molecule has 91 heavy (non-hydrogen) atoms. The normalized spacial score (nSPS) is 12.5. The molecule has 6 nitrogen and oxygen atoms in total. The summed E-state index contributed by atoms with van der Waals surface area (Å²) < 4.78 is 2.52. The molecule has 0 aliphatic heterocycles. The van der Waals surface area contributed by atoms with Crippen LogP contribution in [0.1, 0.15) is 151 Å². The van der Waals surface area contributed by atoms with E-state index in [1.165, 1.54) is 107 Å². The van der Waals surface area contributed by atoms with Crippen LogP contribution in [-0.2, 0) is 45.6 Å². The minimum absolute atomic E-state index is 0. The van der Waals surface area contributed by atoms with E-state index in [1.807, 2.05) is 97.6 Å². The molecular formula is C81H94Ir2N4O2S2-2. The van der Waals surface area contributed by atoms with E-state index in [1.54, 1.807) is 34.8 Å². The van der Waals surface area contributed by atoms with Gasteiger partial charge in [0.1, 0.15) is 11.5 Å². The summed E-state index contributed by atoms with van der Waals surface area (Å²) in [7, 11) is 0. The van der Waals surface area contributed by atoms with Gasteiger partial charge >= 0.3 is 0 Å². The molecule has 0 amide bonds. The van der Waals surface area contributed by atoms with Crippen molar-refractivity contribution >= 4 is 55.3 Å². The fraction of sp³-hybridized carbons (Fsp3) is 0.259. The van der Waals surface area contributed by atoms with Crippen LogP contribution in [0.2, 0.25) is 0 Å². The Morgan fingerprint density at radius 1 is 0.495 bits per heavy atom. The van der Waals surface area contributed by atoms with Gasteiger partial charge in [0, 0.05) is 117 Å². The predicted molar refractivity (Wildman–Crippen MR) is 394 cm³/mol. The molecule has 4 aromatic heterocycles. The number of nitrogens with zero attached hydrogens (tertiary/aromatic N) is 4. The van der Waals surface area contributed by atoms with Crippen molar-refractivity contribution in [2.45, 2.75) is 122 Å². The number of hydrogen-bond donors (Lipinski definition) is 2. The third kappa shape index (κ3) is 19.6. The number of benzene rings is 6. The number of aromatic nitrogens is 2. The van der Waals surface area contributed by atoms with Gasteiger partial charge in [-0.25, -0.2) is 22.7 Å². The summed E-state index contributed by atoms with van der Waals surface area (Å²) in [4.78, 5) is 20.2. The summed E-state index contributed by atoms with van der Waals surface area (Å²) in [6, 6.07) is 60.4. The summed E-state index contributed by atoms with van der Waals surface area (Å²) >= 11 is 3.46. The fourth-order valence-electron chi connectivity index (χ4n) is 11.1. The van der Waals surface area contributed by atoms with E-state index in [-0.39, 0.29) is 63.1 Å². The van der Waals surface area contributed by atoms with E-state index in [4.69, 9.17) is 0 Å². The van der Waals surface area contributed by atoms with Gasteiger partial charge in [-0.15, -0.1) is 47.2 Å². The Morgan fingerprint density at radius 2 is 0.923 bits per heavy atom. The van der Waals surface area contributed by atoms with Crippen molar-refractivity contribution in [3.63, 3.8) is 0 Å². The number of aliphatic imine (C=N–C) groups is 2. The first kappa shape index (κ1) is 70.7. The number of thiophene rings is 2. The average molecular weight is 1600 g/mol. The number of rotatable bonds is 24. The molecule has 11 rings (SSSR count). The number of pyridine rings is 2. The molecule has 1 aliphatic rings. The Hall–Kier alpha value is -7.80. The van der Waals surface area contributed by atoms with Crippen LogP contribution >= 0.6 is 22.7 Å². The molecule has 0 atom stereocenters. The molecule has 0 fully saturated rings. The molecule has 0 bridgehead atoms. The summed E-state index contributed by atoms with van der Waals surface area (Å²) in [5.41, 5.74) is 29.4. The Balaban J connectivity index is 0. The molecule has 0 saturated heterocycles. The topological polar surface area (TPSA) is 91.0 Å². The van der Waals surface area contributed by atoms with E-state index in [9.17, 15) is 10.2 Å². The van der Waals surface area contributed by atoms with Crippen molar-refractivity contribution in [2.75, 3.05) is 13.1 Å². The molecule has 0 spiro atoms. The van der Waals surface area contributed by atoms with Crippen molar-refractivity contribution in [3.05, 3.63) is 252 Å². The van der Waals surface area contributed by atoms with Crippen LogP contribution in [0.4, 0.5) is 0 Å². The molecule has 2 radical (unpaired) electrons. The number of phenolic OH excluding ortho intramolecular Hbond substituents is 2. The Labute approximate surface area is 586 Å². The quantitative estimate of drug-likeness (QED) is 0.0273. The van der Waals surface area contributed by atoms with Crippen LogP contribution in [0.15, 0.2) is 227 Å². The maximum atomic E-state index is 10.8. The minimum Gasteiger partial charge on any atom is -0.507 e. The van der Waals surface area contributed by atoms with E-state index in [0.717, 1.165) is 99.7 Å². The number of unbranched alkanes of at least 4 members (excludes halogenated alkanes) is 11. The maximum absolute atomic E-state index is 10.8. The molecule has 0 saturated carbocycles. The van der Waals surface area contributed by atoms with Gasteiger partial charge in [-0.2, -0.15) is 0 Å². The third-order valence-corrected chi connectivity index (χ3v) is 18.0. The smallest absolute Gasteiger partial charge is 0.124 e. The van der Waals surface area contributed by atoms with Crippen LogP contribution in [0.25, 0.3) is 74.7 Å². The molecule has 10 aromatic rings. The van der Waals surface area contributed by atoms with Crippen LogP contribution in [0, 0.1) is 12.1 Å². The molecule has 10 heteroatoms. The van der Waals surface area contributed by atoms with Gasteiger partial charge in [0.25, 0.3) is 0 Å². The SMILES string of the molecule is C=C=C=C=C=C=C=CC1(CCCCCCCC)c2cc(-c3ccc(O)c(C=NCCCCCC)c3)ccc2-c2ccc(-c3ccc(O)c(C=NCCCCCC)c3)cc21.[HH].[HH].[HH].[HH].[HH].[HH].[HH].[HH].[Ir].[Ir].[c-]1c(-c2ccccn2)sc2ccccc12.[c-]1c(-c2ccccn2)sc2ccccc12. The standard InChI is InChI=1S/C55H62N2O2.2C13H8NS.2Ir.8H2/c1-5-9-13-17-19-21-33-55(34-22-20-18-14-10-6-2)51-39-45(43-27-31-53(58)47(37-43)41-56-35-23-15-11-7-3)25-29-49(51)50-30-26-46(40-52(50)55)44-28-32-54(59)48(38-44)42-57-36-24-16-12-8-4;2*1-2-7-12-10(5-1)9-13(15-12)11-6-3-4-8-14-11;;;;;;;;;;/h25-33,37-42,58-59H,1,6-8,10-12,14-16,18,20,22-24,34-36H2,2-4H3;2*1-8H;;;8*1H/q;2*-1;;;;;;;;;;. The number of aromatic hydroxyl groups is 2. The minimum atomic E-state index is -0.506. The molecule has 2 N–H and O–H groups in total. The number of phenols is 2. The number of fused-ring (bicyclic) bond motifs is 5. The second-order valence-corrected chi connectivity index (χ2v) is 24.4. The molecule has 482 valence electrons. The van der Waals surface area contributed by atoms with E-state index in [0.29, 0.717) is 0 Å². The van der Waals surface area contributed by atoms with E-state index in [2.05, 4.69) is 173 Å². The van der Waals surface area contributed by atoms with Crippen molar-refractivity contribution in [2.24, 2.45) is 9.98 Å². The monoisotopic (exact) mass is 1600 g/mol. The first-order chi connectivity index (χ1) is 43.8. The fourth-order valence-corrected chi connectivity index (χ4v) is 13.1. The maximum Gasteiger partial charge on any atom is 0.124 e. The first-order valence-corrected chi connectivity index (χ1v) is 33.2. The Bertz CT molecular complexity index is 4010. The second kappa shape index (κ2) is 37.5. The molecule has 6 aromatic carbocycles. The molecular weight excluding hydrogens is 1510 g/mol. The zero-order valence-corrected chi connectivity index (χ0v) is 58.7. The van der Waals surface area contributed by atoms with Gasteiger partial charge in [0.15, 0.2) is 0 Å². The van der Waals surface area contributed by atoms with Crippen LogP contribution in [0.5, 0.6) is 11.5 Å². The second-order valence-electron chi connectivity index (χ2n) is 22.2. The average Bonchev–Trinajstić information content (AvgIpc) is 1.57. The summed E-state index contributed by atoms with van der Waals surface area (Å²) in [6.07, 6.45) is 26.7. The van der Waals surface area contributed by atoms with Crippen LogP contribution < -0.4 is 0 Å². The van der Waals surface area contributed by atoms with Gasteiger partial charge in [-0.1, -0.05) is 194 Å². The van der Waals surface area contributed by atoms with Crippen molar-refractivity contribution in [1.29, 1.82) is 0 Å². The summed E-state index contributed by atoms with van der Waals surface area (Å²) in [5, 5.41) is 24.0. The Kier molecular flexibility index (Phi) is 29.1. The van der Waals surface area contributed by atoms with Gasteiger partial charge in [0.05, 0.1) is 0 Å². The molecule has 1 aliphatic carbocycles. The zero-order valence-electron chi connectivity index (χ0n) is 52.3. The molecule has 0 unspecified atom stereocenters. The van der Waals surface area contributed by atoms with Crippen molar-refractivity contribution < 1.29 is 61.8 Å². The predicted octanol–water partition coefficient (Wildman–Crippen LogP) is 24.1. The van der Waals surface area contributed by atoms with E-state index < -0.39 is 5.41 Å². The van der Waals surface area contributed by atoms with Crippen molar-refractivity contribution in [1.82, 2.24) is 9.97 Å². The van der Waals surface area contributed by atoms with Crippen LogP contribution in [-0.4, -0.2) is 45.7 Å². The first-order valence-electron chi connectivity index (χ1n) is 31.5. The number of allylic oxidation sites excluding steroid dienone is 1. The van der Waals surface area contributed by atoms with E-state index >= 15 is 0 Å². The van der Waals surface area contributed by atoms with Gasteiger partial charge in [-0.3, -0.25) is 9.98 Å². The largest absolute Gasteiger partial charge is 0.507 e. The molecule has 4 heterocycles. The number of hydrogen-bond acceptors (Lipinski definition) is 8.